The van der Waals surface area contributed by atoms with Gasteiger partial charge in [0.2, 0.25) is 0 Å². The summed E-state index contributed by atoms with van der Waals surface area (Å²) in [5.41, 5.74) is 0.856. The third kappa shape index (κ3) is 2.49. The van der Waals surface area contributed by atoms with Crippen LogP contribution in [-0.2, 0) is 0 Å². The highest BCUT2D eigenvalue weighted by Crippen LogP contribution is 2.20. The van der Waals surface area contributed by atoms with Crippen molar-refractivity contribution >= 4 is 16.9 Å². The molecule has 1 aliphatic rings. The summed E-state index contributed by atoms with van der Waals surface area (Å²) in [4.78, 5) is 5.80. The molecule has 1 atom stereocenters. The number of nitrogens with one attached hydrogen (secondary N) is 1. The predicted octanol–water partition coefficient (Wildman–Crippen LogP) is 1.10. The Morgan fingerprint density at radius 2 is 2.27 bits per heavy atom. The van der Waals surface area contributed by atoms with Crippen LogP contribution in [0.2, 0.25) is 0 Å². The lowest BCUT2D eigenvalue weighted by molar-refractivity contribution is 0.148. The minimum atomic E-state index is -0.535. The van der Waals surface area contributed by atoms with Gasteiger partial charge in [0, 0.05) is 31.2 Å². The van der Waals surface area contributed by atoms with Gasteiger partial charge in [-0.25, -0.2) is 0 Å². The van der Waals surface area contributed by atoms with Gasteiger partial charge in [0.05, 0.1) is 6.10 Å². The number of aliphatic hydroxyl groups excluding tert-OH is 1. The third-order valence-corrected chi connectivity index (χ3v) is 3.29. The summed E-state index contributed by atoms with van der Waals surface area (Å²) in [6.07, 6.45) is 2.80. The molecular formula is C10H13N3OS. The molecule has 1 unspecified atom stereocenters. The van der Waals surface area contributed by atoms with Crippen molar-refractivity contribution in [1.29, 1.82) is 5.41 Å². The van der Waals surface area contributed by atoms with Gasteiger partial charge >= 0.3 is 0 Å². The first-order chi connectivity index (χ1) is 7.27. The van der Waals surface area contributed by atoms with Gasteiger partial charge in [-0.2, -0.15) is 0 Å². The van der Waals surface area contributed by atoms with E-state index in [4.69, 9.17) is 5.41 Å². The average molecular weight is 223 g/mol. The lowest BCUT2D eigenvalue weighted by Gasteiger charge is -2.20. The normalized spacial score (nSPS) is 18.2. The molecule has 2 N–H and O–H groups in total. The van der Waals surface area contributed by atoms with Crippen LogP contribution in [0.3, 0.4) is 0 Å². The Bertz CT molecular complexity index is 344. The van der Waals surface area contributed by atoms with E-state index >= 15 is 0 Å². The Kier molecular flexibility index (Phi) is 3.23. The van der Waals surface area contributed by atoms with E-state index < -0.39 is 6.10 Å². The SMILES string of the molecule is N=C1SCCN1CC(O)c1ccncc1. The molecule has 2 rings (SSSR count). The van der Waals surface area contributed by atoms with Crippen molar-refractivity contribution in [2.24, 2.45) is 0 Å². The molecule has 1 saturated heterocycles. The molecule has 0 aliphatic carbocycles. The Balaban J connectivity index is 1.98. The van der Waals surface area contributed by atoms with Crippen molar-refractivity contribution in [1.82, 2.24) is 9.88 Å². The number of aliphatic hydroxyl groups is 1. The lowest BCUT2D eigenvalue weighted by Crippen LogP contribution is -2.28. The van der Waals surface area contributed by atoms with Gasteiger partial charge in [-0.15, -0.1) is 0 Å². The van der Waals surface area contributed by atoms with E-state index in [1.54, 1.807) is 24.5 Å². The monoisotopic (exact) mass is 223 g/mol. The zero-order valence-electron chi connectivity index (χ0n) is 8.26. The third-order valence-electron chi connectivity index (χ3n) is 2.37. The van der Waals surface area contributed by atoms with E-state index in [1.165, 1.54) is 11.8 Å². The molecule has 0 spiro atoms. The predicted molar refractivity (Wildman–Crippen MR) is 61.0 cm³/mol. The maximum atomic E-state index is 9.92. The van der Waals surface area contributed by atoms with Crippen LogP contribution in [0.1, 0.15) is 11.7 Å². The summed E-state index contributed by atoms with van der Waals surface area (Å²) < 4.78 is 0. The van der Waals surface area contributed by atoms with Crippen LogP contribution in [0.5, 0.6) is 0 Å². The first-order valence-electron chi connectivity index (χ1n) is 4.81. The van der Waals surface area contributed by atoms with Gasteiger partial charge in [-0.3, -0.25) is 10.4 Å². The summed E-state index contributed by atoms with van der Waals surface area (Å²) in [5.74, 6) is 0.946. The second-order valence-corrected chi connectivity index (χ2v) is 4.48. The number of hydrogen-bond acceptors (Lipinski definition) is 4. The lowest BCUT2D eigenvalue weighted by atomic mass is 10.1. The van der Waals surface area contributed by atoms with Gasteiger partial charge in [0.1, 0.15) is 0 Å². The molecule has 0 radical (unpaired) electrons. The van der Waals surface area contributed by atoms with Crippen molar-refractivity contribution in [2.75, 3.05) is 18.8 Å². The van der Waals surface area contributed by atoms with E-state index in [9.17, 15) is 5.11 Å². The number of β-amino-alcohol motifs (C(OH)–C–C–N with tert-alkyl or cyclic N) is 1. The minimum Gasteiger partial charge on any atom is -0.387 e. The smallest absolute Gasteiger partial charge is 0.156 e. The van der Waals surface area contributed by atoms with Crippen molar-refractivity contribution in [2.45, 2.75) is 6.10 Å². The maximum absolute atomic E-state index is 9.92. The van der Waals surface area contributed by atoms with Crippen LogP contribution in [0.4, 0.5) is 0 Å². The molecule has 15 heavy (non-hydrogen) atoms. The summed E-state index contributed by atoms with van der Waals surface area (Å²) >= 11 is 1.53. The molecule has 1 aliphatic heterocycles. The highest BCUT2D eigenvalue weighted by Gasteiger charge is 2.20. The Hall–Kier alpha value is -1.07. The summed E-state index contributed by atoms with van der Waals surface area (Å²) in [6, 6.07) is 3.61. The summed E-state index contributed by atoms with van der Waals surface area (Å²) in [6.45, 7) is 1.35. The molecule has 0 aromatic carbocycles. The zero-order valence-corrected chi connectivity index (χ0v) is 9.07. The summed E-state index contributed by atoms with van der Waals surface area (Å²) in [5, 5.41) is 18.1. The van der Waals surface area contributed by atoms with Crippen LogP contribution < -0.4 is 0 Å². The second kappa shape index (κ2) is 4.63. The van der Waals surface area contributed by atoms with Crippen LogP contribution in [-0.4, -0.2) is 39.0 Å². The van der Waals surface area contributed by atoms with E-state index in [2.05, 4.69) is 4.98 Å². The molecule has 4 nitrogen and oxygen atoms in total. The standard InChI is InChI=1S/C10H13N3OS/c11-10-13(5-6-15-10)7-9(14)8-1-3-12-4-2-8/h1-4,9,11,14H,5-7H2. The number of hydrogen-bond donors (Lipinski definition) is 2. The van der Waals surface area contributed by atoms with Crippen LogP contribution in [0.25, 0.3) is 0 Å². The molecule has 0 saturated carbocycles. The number of nitrogens with zero attached hydrogens (tertiary/aromatic N) is 2. The van der Waals surface area contributed by atoms with Gasteiger partial charge in [-0.1, -0.05) is 11.8 Å². The Morgan fingerprint density at radius 1 is 1.53 bits per heavy atom. The molecule has 1 aromatic rings. The van der Waals surface area contributed by atoms with E-state index in [1.807, 2.05) is 4.90 Å². The molecule has 0 amide bonds. The first kappa shape index (κ1) is 10.4. The highest BCUT2D eigenvalue weighted by molar-refractivity contribution is 8.14. The van der Waals surface area contributed by atoms with E-state index in [0.717, 1.165) is 17.9 Å². The topological polar surface area (TPSA) is 60.2 Å². The fraction of sp³-hybridized carbons (Fsp3) is 0.400. The number of thioether (sulfide) groups is 1. The highest BCUT2D eigenvalue weighted by atomic mass is 32.2. The van der Waals surface area contributed by atoms with Crippen molar-refractivity contribution in [3.63, 3.8) is 0 Å². The molecule has 5 heteroatoms. The largest absolute Gasteiger partial charge is 0.387 e. The van der Waals surface area contributed by atoms with Gasteiger partial charge < -0.3 is 10.0 Å². The number of rotatable bonds is 3. The number of aromatic nitrogens is 1. The quantitative estimate of drug-likeness (QED) is 0.805. The number of amidine groups is 1. The molecular weight excluding hydrogens is 210 g/mol. The van der Waals surface area contributed by atoms with E-state index in [0.29, 0.717) is 11.7 Å². The fourth-order valence-corrected chi connectivity index (χ4v) is 2.37. The second-order valence-electron chi connectivity index (χ2n) is 3.40. The average Bonchev–Trinajstić information content (AvgIpc) is 2.66. The zero-order chi connectivity index (χ0) is 10.7. The molecule has 80 valence electrons. The fourth-order valence-electron chi connectivity index (χ4n) is 1.52. The molecule has 1 aromatic heterocycles. The van der Waals surface area contributed by atoms with Gasteiger partial charge in [0.25, 0.3) is 0 Å². The van der Waals surface area contributed by atoms with Crippen LogP contribution >= 0.6 is 11.8 Å². The number of pyridine rings is 1. The molecule has 1 fully saturated rings. The molecule has 0 bridgehead atoms. The maximum Gasteiger partial charge on any atom is 0.156 e. The Morgan fingerprint density at radius 3 is 2.87 bits per heavy atom. The first-order valence-corrected chi connectivity index (χ1v) is 5.80. The van der Waals surface area contributed by atoms with Crippen LogP contribution in [0, 0.1) is 5.41 Å². The van der Waals surface area contributed by atoms with Crippen molar-refractivity contribution in [3.05, 3.63) is 30.1 Å². The van der Waals surface area contributed by atoms with Crippen LogP contribution in [0.15, 0.2) is 24.5 Å². The van der Waals surface area contributed by atoms with Gasteiger partial charge in [0.15, 0.2) is 5.17 Å². The Labute approximate surface area is 92.8 Å². The minimum absolute atomic E-state index is 0.496. The van der Waals surface area contributed by atoms with E-state index in [-0.39, 0.29) is 0 Å². The van der Waals surface area contributed by atoms with Crippen molar-refractivity contribution < 1.29 is 5.11 Å². The molecule has 2 heterocycles. The van der Waals surface area contributed by atoms with Crippen molar-refractivity contribution in [3.8, 4) is 0 Å². The van der Waals surface area contributed by atoms with Gasteiger partial charge in [-0.05, 0) is 17.7 Å². The summed E-state index contributed by atoms with van der Waals surface area (Å²) in [7, 11) is 0.